The van der Waals surface area contributed by atoms with Crippen molar-refractivity contribution in [3.05, 3.63) is 78.4 Å². The Labute approximate surface area is 239 Å². The number of fused-ring (bicyclic) bond motifs is 1. The van der Waals surface area contributed by atoms with Crippen LogP contribution in [-0.4, -0.2) is 64.5 Å². The molecule has 216 valence electrons. The average molecular weight is 580 g/mol. The van der Waals surface area contributed by atoms with Gasteiger partial charge in [-0.3, -0.25) is 9.59 Å². The maximum Gasteiger partial charge on any atom is 0.263 e. The van der Waals surface area contributed by atoms with Crippen LogP contribution in [-0.2, 0) is 26.2 Å². The summed E-state index contributed by atoms with van der Waals surface area (Å²) in [5, 5.41) is 2.90. The molecule has 5 rings (SSSR count). The van der Waals surface area contributed by atoms with Gasteiger partial charge in [-0.2, -0.15) is 4.31 Å². The minimum absolute atomic E-state index is 0.0701. The van der Waals surface area contributed by atoms with Crippen LogP contribution in [0.1, 0.15) is 18.4 Å². The minimum Gasteiger partial charge on any atom is -0.493 e. The van der Waals surface area contributed by atoms with Crippen molar-refractivity contribution >= 4 is 27.5 Å². The molecule has 41 heavy (non-hydrogen) atoms. The largest absolute Gasteiger partial charge is 0.493 e. The van der Waals surface area contributed by atoms with E-state index in [2.05, 4.69) is 5.32 Å². The molecule has 2 aliphatic rings. The third kappa shape index (κ3) is 6.01. The van der Waals surface area contributed by atoms with Gasteiger partial charge in [-0.1, -0.05) is 42.5 Å². The summed E-state index contributed by atoms with van der Waals surface area (Å²) >= 11 is 0. The number of hydrogen-bond acceptors (Lipinski definition) is 7. The number of rotatable bonds is 8. The summed E-state index contributed by atoms with van der Waals surface area (Å²) in [5.74, 6) is 0.369. The van der Waals surface area contributed by atoms with Gasteiger partial charge in [0.25, 0.3) is 5.91 Å². The zero-order valence-corrected chi connectivity index (χ0v) is 23.8. The standard InChI is InChI=1S/C30H33N3O7S/c1-38-26-13-12-23(18-27(26)39-2)41(36,37)32-16-14-22(15-17-32)30(35)33-20-28(40-25-11-7-6-10-24(25)33)29(34)31-19-21-8-4-3-5-9-21/h3-13,18,22,28H,14-17,19-20H2,1-2H3,(H,31,34)/t28-/m0/s1. The number of sulfonamides is 1. The number of ether oxygens (including phenoxy) is 3. The van der Waals surface area contributed by atoms with E-state index in [4.69, 9.17) is 14.2 Å². The van der Waals surface area contributed by atoms with Crippen LogP contribution < -0.4 is 24.4 Å². The first kappa shape index (κ1) is 28.4. The number of benzene rings is 3. The van der Waals surface area contributed by atoms with Crippen molar-refractivity contribution in [2.45, 2.75) is 30.4 Å². The molecule has 0 aromatic heterocycles. The normalized spacial score (nSPS) is 17.7. The van der Waals surface area contributed by atoms with E-state index in [1.807, 2.05) is 36.4 Å². The summed E-state index contributed by atoms with van der Waals surface area (Å²) < 4.78 is 44.6. The van der Waals surface area contributed by atoms with Crippen molar-refractivity contribution in [3.8, 4) is 17.2 Å². The van der Waals surface area contributed by atoms with Gasteiger partial charge in [0, 0.05) is 31.6 Å². The van der Waals surface area contributed by atoms with Gasteiger partial charge in [0.2, 0.25) is 15.9 Å². The molecule has 0 unspecified atom stereocenters. The van der Waals surface area contributed by atoms with Gasteiger partial charge in [0.05, 0.1) is 31.3 Å². The summed E-state index contributed by atoms with van der Waals surface area (Å²) in [6.07, 6.45) is -0.158. The third-order valence-corrected chi connectivity index (χ3v) is 9.33. The Balaban J connectivity index is 1.26. The lowest BCUT2D eigenvalue weighted by molar-refractivity contribution is -0.129. The molecule has 11 heteroatoms. The van der Waals surface area contributed by atoms with Crippen molar-refractivity contribution in [2.24, 2.45) is 5.92 Å². The second-order valence-corrected chi connectivity index (χ2v) is 11.9. The Morgan fingerprint density at radius 2 is 1.61 bits per heavy atom. The Bertz CT molecular complexity index is 1510. The summed E-state index contributed by atoms with van der Waals surface area (Å²) in [6, 6.07) is 21.2. The van der Waals surface area contributed by atoms with Crippen LogP contribution in [0.3, 0.4) is 0 Å². The quantitative estimate of drug-likeness (QED) is 0.436. The van der Waals surface area contributed by atoms with Crippen LogP contribution in [0.4, 0.5) is 5.69 Å². The van der Waals surface area contributed by atoms with Crippen LogP contribution in [0.5, 0.6) is 17.2 Å². The molecule has 1 N–H and O–H groups in total. The highest BCUT2D eigenvalue weighted by Gasteiger charge is 2.39. The number of para-hydroxylation sites is 2. The molecule has 1 saturated heterocycles. The zero-order valence-electron chi connectivity index (χ0n) is 23.0. The highest BCUT2D eigenvalue weighted by molar-refractivity contribution is 7.89. The monoisotopic (exact) mass is 579 g/mol. The molecule has 2 heterocycles. The van der Waals surface area contributed by atoms with E-state index in [-0.39, 0.29) is 36.3 Å². The highest BCUT2D eigenvalue weighted by Crippen LogP contribution is 2.36. The van der Waals surface area contributed by atoms with Crippen LogP contribution in [0.25, 0.3) is 0 Å². The van der Waals surface area contributed by atoms with Gasteiger partial charge in [-0.15, -0.1) is 0 Å². The van der Waals surface area contributed by atoms with E-state index in [0.717, 1.165) is 5.56 Å². The van der Waals surface area contributed by atoms with E-state index in [0.29, 0.717) is 42.3 Å². The van der Waals surface area contributed by atoms with Gasteiger partial charge in [-0.05, 0) is 42.7 Å². The zero-order chi connectivity index (χ0) is 29.0. The maximum absolute atomic E-state index is 13.8. The molecule has 10 nitrogen and oxygen atoms in total. The molecule has 0 saturated carbocycles. The number of nitrogens with one attached hydrogen (secondary N) is 1. The summed E-state index contributed by atoms with van der Waals surface area (Å²) in [6.45, 7) is 0.808. The Hall–Kier alpha value is -4.09. The molecule has 0 spiro atoms. The number of amides is 2. The number of carbonyl (C=O) groups excluding carboxylic acids is 2. The molecule has 0 bridgehead atoms. The van der Waals surface area contributed by atoms with E-state index in [9.17, 15) is 18.0 Å². The van der Waals surface area contributed by atoms with Crippen molar-refractivity contribution in [1.82, 2.24) is 9.62 Å². The van der Waals surface area contributed by atoms with Crippen molar-refractivity contribution in [1.29, 1.82) is 0 Å². The lowest BCUT2D eigenvalue weighted by Crippen LogP contribution is -2.53. The van der Waals surface area contributed by atoms with Gasteiger partial charge in [0.15, 0.2) is 17.6 Å². The van der Waals surface area contributed by atoms with E-state index in [1.165, 1.54) is 30.7 Å². The molecule has 3 aromatic rings. The number of piperidine rings is 1. The fraction of sp³-hybridized carbons (Fsp3) is 0.333. The van der Waals surface area contributed by atoms with Crippen molar-refractivity contribution in [2.75, 3.05) is 38.8 Å². The van der Waals surface area contributed by atoms with Crippen molar-refractivity contribution in [3.63, 3.8) is 0 Å². The molecule has 0 radical (unpaired) electrons. The number of nitrogens with zero attached hydrogens (tertiary/aromatic N) is 2. The first-order valence-electron chi connectivity index (χ1n) is 13.4. The minimum atomic E-state index is -3.79. The molecule has 1 atom stereocenters. The van der Waals surface area contributed by atoms with Crippen LogP contribution in [0.15, 0.2) is 77.7 Å². The lowest BCUT2D eigenvalue weighted by Gasteiger charge is -2.38. The summed E-state index contributed by atoms with van der Waals surface area (Å²) in [4.78, 5) is 28.5. The summed E-state index contributed by atoms with van der Waals surface area (Å²) in [5.41, 5.74) is 1.56. The first-order valence-corrected chi connectivity index (χ1v) is 14.9. The lowest BCUT2D eigenvalue weighted by atomic mass is 9.95. The van der Waals surface area contributed by atoms with E-state index >= 15 is 0 Å². The van der Waals surface area contributed by atoms with Crippen LogP contribution in [0, 0.1) is 5.92 Å². The number of carbonyl (C=O) groups is 2. The first-order chi connectivity index (χ1) is 19.8. The van der Waals surface area contributed by atoms with Crippen LogP contribution in [0.2, 0.25) is 0 Å². The molecule has 1 fully saturated rings. The predicted octanol–water partition coefficient (Wildman–Crippen LogP) is 3.22. The van der Waals surface area contributed by atoms with Crippen molar-refractivity contribution < 1.29 is 32.2 Å². The molecular formula is C30H33N3O7S. The smallest absolute Gasteiger partial charge is 0.263 e. The Morgan fingerprint density at radius 1 is 0.927 bits per heavy atom. The molecular weight excluding hydrogens is 546 g/mol. The molecule has 2 amide bonds. The van der Waals surface area contributed by atoms with E-state index in [1.54, 1.807) is 29.2 Å². The second-order valence-electron chi connectivity index (χ2n) is 9.92. The molecule has 0 aliphatic carbocycles. The maximum atomic E-state index is 13.8. The fourth-order valence-electron chi connectivity index (χ4n) is 5.17. The van der Waals surface area contributed by atoms with E-state index < -0.39 is 22.0 Å². The topological polar surface area (TPSA) is 114 Å². The predicted molar refractivity (Wildman–Crippen MR) is 153 cm³/mol. The van der Waals surface area contributed by atoms with Gasteiger partial charge in [0.1, 0.15) is 5.75 Å². The Morgan fingerprint density at radius 3 is 2.32 bits per heavy atom. The average Bonchev–Trinajstić information content (AvgIpc) is 3.02. The van der Waals surface area contributed by atoms with Gasteiger partial charge < -0.3 is 24.4 Å². The second kappa shape index (κ2) is 12.2. The number of methoxy groups -OCH3 is 2. The fourth-order valence-corrected chi connectivity index (χ4v) is 6.65. The molecule has 3 aromatic carbocycles. The highest BCUT2D eigenvalue weighted by atomic mass is 32.2. The van der Waals surface area contributed by atoms with Gasteiger partial charge >= 0.3 is 0 Å². The summed E-state index contributed by atoms with van der Waals surface area (Å²) in [7, 11) is -0.854. The SMILES string of the molecule is COc1ccc(S(=O)(=O)N2CCC(C(=O)N3C[C@@H](C(=O)NCc4ccccc4)Oc4ccccc43)CC2)cc1OC. The molecule has 2 aliphatic heterocycles. The number of hydrogen-bond donors (Lipinski definition) is 1. The van der Waals surface area contributed by atoms with Gasteiger partial charge in [-0.25, -0.2) is 8.42 Å². The third-order valence-electron chi connectivity index (χ3n) is 7.44. The Kier molecular flexibility index (Phi) is 8.46. The number of anilines is 1. The van der Waals surface area contributed by atoms with Crippen LogP contribution >= 0.6 is 0 Å².